The topological polar surface area (TPSA) is 58.4 Å². The Balaban J connectivity index is 0.00000160. The summed E-state index contributed by atoms with van der Waals surface area (Å²) >= 11 is 1.85. The highest BCUT2D eigenvalue weighted by molar-refractivity contribution is 7.10. The van der Waals surface area contributed by atoms with Crippen molar-refractivity contribution in [2.75, 3.05) is 18.8 Å². The number of amides is 1. The molecule has 0 radical (unpaired) electrons. The highest BCUT2D eigenvalue weighted by Gasteiger charge is 2.25. The summed E-state index contributed by atoms with van der Waals surface area (Å²) in [6, 6.07) is 20.4. The molecule has 2 heterocycles. The van der Waals surface area contributed by atoms with Gasteiger partial charge in [-0.2, -0.15) is 0 Å². The fourth-order valence-corrected chi connectivity index (χ4v) is 4.65. The lowest BCUT2D eigenvalue weighted by atomic mass is 10.0. The van der Waals surface area contributed by atoms with Crippen LogP contribution in [-0.2, 0) is 24.2 Å². The predicted molar refractivity (Wildman–Crippen MR) is 130 cm³/mol. The van der Waals surface area contributed by atoms with Gasteiger partial charge in [0.05, 0.1) is 12.5 Å². The molecule has 30 heavy (non-hydrogen) atoms. The molecule has 0 saturated carbocycles. The quantitative estimate of drug-likeness (QED) is 0.523. The minimum Gasteiger partial charge on any atom is -0.399 e. The largest absolute Gasteiger partial charge is 0.399 e. The first-order chi connectivity index (χ1) is 13.7. The van der Waals surface area contributed by atoms with Gasteiger partial charge in [-0.1, -0.05) is 42.5 Å². The van der Waals surface area contributed by atoms with E-state index in [1.807, 2.05) is 41.7 Å². The second-order valence-electron chi connectivity index (χ2n) is 7.24. The fraction of sp³-hybridized carbons (Fsp3) is 0.261. The van der Waals surface area contributed by atoms with Crippen LogP contribution in [0, 0.1) is 0 Å². The molecule has 1 aromatic heterocycles. The van der Waals surface area contributed by atoms with Crippen LogP contribution >= 0.6 is 36.2 Å². The van der Waals surface area contributed by atoms with Crippen LogP contribution in [0.3, 0.4) is 0 Å². The molecule has 0 fully saturated rings. The molecule has 4 nitrogen and oxygen atoms in total. The van der Waals surface area contributed by atoms with E-state index < -0.39 is 0 Å². The first-order valence-corrected chi connectivity index (χ1v) is 10.5. The van der Waals surface area contributed by atoms with Crippen LogP contribution in [0.5, 0.6) is 0 Å². The smallest absolute Gasteiger partial charge is 0.224 e. The molecule has 1 atom stereocenters. The molecular formula is C23H27Cl2N3OS. The van der Waals surface area contributed by atoms with Crippen LogP contribution in [0.4, 0.5) is 5.69 Å². The van der Waals surface area contributed by atoms with E-state index in [-0.39, 0.29) is 36.8 Å². The molecule has 0 spiro atoms. The van der Waals surface area contributed by atoms with Gasteiger partial charge in [-0.05, 0) is 46.7 Å². The van der Waals surface area contributed by atoms with Gasteiger partial charge in [0.25, 0.3) is 0 Å². The Bertz CT molecular complexity index is 931. The molecular weight excluding hydrogens is 437 g/mol. The van der Waals surface area contributed by atoms with E-state index in [1.165, 1.54) is 16.0 Å². The van der Waals surface area contributed by atoms with Gasteiger partial charge in [-0.15, -0.1) is 36.2 Å². The standard InChI is InChI=1S/C23H25N3OS.2ClH/c24-20-8-6-17(7-9-20)14-23(27)25-15-21(18-4-2-1-3-5-18)26-12-10-22-19(16-26)11-13-28-22;;/h1-9,11,13,21H,10,12,14-16,24H2,(H,25,27);2*1H. The zero-order valence-corrected chi connectivity index (χ0v) is 19.1. The Labute approximate surface area is 194 Å². The number of nitrogens with two attached hydrogens (primary N) is 1. The summed E-state index contributed by atoms with van der Waals surface area (Å²) in [6.07, 6.45) is 1.45. The second kappa shape index (κ2) is 11.4. The van der Waals surface area contributed by atoms with Gasteiger partial charge >= 0.3 is 0 Å². The second-order valence-corrected chi connectivity index (χ2v) is 8.24. The number of thiophene rings is 1. The molecule has 0 bridgehead atoms. The number of halogens is 2. The summed E-state index contributed by atoms with van der Waals surface area (Å²) < 4.78 is 0. The predicted octanol–water partition coefficient (Wildman–Crippen LogP) is 4.63. The summed E-state index contributed by atoms with van der Waals surface area (Å²) in [5, 5.41) is 5.33. The molecule has 0 aliphatic carbocycles. The Morgan fingerprint density at radius 1 is 1.07 bits per heavy atom. The third kappa shape index (κ3) is 5.99. The van der Waals surface area contributed by atoms with Gasteiger partial charge in [0.1, 0.15) is 0 Å². The van der Waals surface area contributed by atoms with E-state index in [1.54, 1.807) is 0 Å². The van der Waals surface area contributed by atoms with E-state index in [0.717, 1.165) is 25.1 Å². The maximum atomic E-state index is 12.5. The summed E-state index contributed by atoms with van der Waals surface area (Å²) in [4.78, 5) is 16.5. The van der Waals surface area contributed by atoms with Crippen LogP contribution < -0.4 is 11.1 Å². The molecule has 1 aliphatic rings. The number of nitrogens with zero attached hydrogens (tertiary/aromatic N) is 1. The van der Waals surface area contributed by atoms with Gasteiger partial charge in [-0.3, -0.25) is 9.69 Å². The summed E-state index contributed by atoms with van der Waals surface area (Å²) in [6.45, 7) is 2.56. The average Bonchev–Trinajstić information content (AvgIpc) is 3.19. The minimum absolute atomic E-state index is 0. The number of hydrogen-bond donors (Lipinski definition) is 2. The monoisotopic (exact) mass is 463 g/mol. The Hall–Kier alpha value is -2.05. The normalized spacial score (nSPS) is 14.0. The number of carbonyl (C=O) groups is 1. The van der Waals surface area contributed by atoms with E-state index in [4.69, 9.17) is 5.73 Å². The van der Waals surface area contributed by atoms with Crippen molar-refractivity contribution in [3.05, 3.63) is 87.6 Å². The van der Waals surface area contributed by atoms with Crippen molar-refractivity contribution in [3.63, 3.8) is 0 Å². The molecule has 1 aliphatic heterocycles. The van der Waals surface area contributed by atoms with Crippen molar-refractivity contribution in [2.24, 2.45) is 0 Å². The van der Waals surface area contributed by atoms with Crippen molar-refractivity contribution in [1.29, 1.82) is 0 Å². The van der Waals surface area contributed by atoms with Crippen molar-refractivity contribution < 1.29 is 4.79 Å². The molecule has 2 aromatic carbocycles. The Kier molecular flexibility index (Phi) is 9.18. The van der Waals surface area contributed by atoms with Gasteiger partial charge in [0, 0.05) is 30.2 Å². The summed E-state index contributed by atoms with van der Waals surface area (Å²) in [5.41, 5.74) is 10.1. The molecule has 7 heteroatoms. The van der Waals surface area contributed by atoms with Crippen LogP contribution in [0.25, 0.3) is 0 Å². The lowest BCUT2D eigenvalue weighted by Gasteiger charge is -2.35. The van der Waals surface area contributed by atoms with Crippen molar-refractivity contribution in [3.8, 4) is 0 Å². The van der Waals surface area contributed by atoms with Crippen LogP contribution in [-0.4, -0.2) is 23.9 Å². The van der Waals surface area contributed by atoms with Crippen LogP contribution in [0.1, 0.15) is 27.6 Å². The number of carbonyl (C=O) groups excluding carboxylic acids is 1. The SMILES string of the molecule is Cl.Cl.Nc1ccc(CC(=O)NCC(c2ccccc2)N2CCc3sccc3C2)cc1. The van der Waals surface area contributed by atoms with Crippen molar-refractivity contribution in [2.45, 2.75) is 25.4 Å². The fourth-order valence-electron chi connectivity index (χ4n) is 3.76. The zero-order valence-electron chi connectivity index (χ0n) is 16.6. The number of nitrogen functional groups attached to an aromatic ring is 1. The number of benzene rings is 2. The van der Waals surface area contributed by atoms with E-state index in [0.29, 0.717) is 18.7 Å². The van der Waals surface area contributed by atoms with Gasteiger partial charge in [0.15, 0.2) is 0 Å². The van der Waals surface area contributed by atoms with E-state index >= 15 is 0 Å². The van der Waals surface area contributed by atoms with Crippen molar-refractivity contribution in [1.82, 2.24) is 10.2 Å². The van der Waals surface area contributed by atoms with Crippen LogP contribution in [0.2, 0.25) is 0 Å². The highest BCUT2D eigenvalue weighted by Crippen LogP contribution is 2.30. The molecule has 160 valence electrons. The maximum Gasteiger partial charge on any atom is 0.224 e. The lowest BCUT2D eigenvalue weighted by molar-refractivity contribution is -0.120. The van der Waals surface area contributed by atoms with Gasteiger partial charge in [-0.25, -0.2) is 0 Å². The van der Waals surface area contributed by atoms with Crippen molar-refractivity contribution >= 4 is 47.7 Å². The molecule has 1 unspecified atom stereocenters. The maximum absolute atomic E-state index is 12.5. The third-order valence-electron chi connectivity index (χ3n) is 5.30. The average molecular weight is 464 g/mol. The molecule has 1 amide bonds. The van der Waals surface area contributed by atoms with E-state index in [2.05, 4.69) is 45.9 Å². The molecule has 3 aromatic rings. The zero-order chi connectivity index (χ0) is 19.3. The van der Waals surface area contributed by atoms with E-state index in [9.17, 15) is 4.79 Å². The van der Waals surface area contributed by atoms with Crippen LogP contribution in [0.15, 0.2) is 66.0 Å². The number of nitrogens with one attached hydrogen (secondary N) is 1. The third-order valence-corrected chi connectivity index (χ3v) is 6.32. The number of rotatable bonds is 6. The Morgan fingerprint density at radius 2 is 1.80 bits per heavy atom. The first kappa shape index (κ1) is 24.2. The lowest BCUT2D eigenvalue weighted by Crippen LogP contribution is -2.40. The first-order valence-electron chi connectivity index (χ1n) is 9.64. The number of anilines is 1. The number of hydrogen-bond acceptors (Lipinski definition) is 4. The summed E-state index contributed by atoms with van der Waals surface area (Å²) in [7, 11) is 0. The molecule has 0 saturated heterocycles. The molecule has 3 N–H and O–H groups in total. The Morgan fingerprint density at radius 3 is 2.53 bits per heavy atom. The molecule has 4 rings (SSSR count). The van der Waals surface area contributed by atoms with Gasteiger partial charge in [0.2, 0.25) is 5.91 Å². The summed E-state index contributed by atoms with van der Waals surface area (Å²) in [5.74, 6) is 0.0407. The number of fused-ring (bicyclic) bond motifs is 1. The van der Waals surface area contributed by atoms with Gasteiger partial charge < -0.3 is 11.1 Å². The highest BCUT2D eigenvalue weighted by atomic mass is 35.5. The minimum atomic E-state index is 0.